The predicted octanol–water partition coefficient (Wildman–Crippen LogP) is 1.56. The van der Waals surface area contributed by atoms with Crippen LogP contribution in [0.15, 0.2) is 17.6 Å². The standard InChI is InChI=1S/C17H28N4O3S/c1-3-19-12-16(18-13-19)25(23,24)21-10-6-15(7-11-21)17(22)20-8-4-14(2)5-9-20/h12-15H,3-11H2,1-2H3. The first-order valence-corrected chi connectivity index (χ1v) is 10.7. The molecule has 140 valence electrons. The molecule has 2 aliphatic rings. The SMILES string of the molecule is CCn1cnc(S(=O)(=O)N2CCC(C(=O)N3CCC(C)CC3)CC2)c1. The number of hydrogen-bond acceptors (Lipinski definition) is 4. The molecule has 0 bridgehead atoms. The van der Waals surface area contributed by atoms with Crippen molar-refractivity contribution in [2.75, 3.05) is 26.2 Å². The predicted molar refractivity (Wildman–Crippen MR) is 94.4 cm³/mol. The van der Waals surface area contributed by atoms with Crippen molar-refractivity contribution in [2.24, 2.45) is 11.8 Å². The Balaban J connectivity index is 1.58. The van der Waals surface area contributed by atoms with E-state index in [0.717, 1.165) is 25.9 Å². The molecule has 1 aromatic rings. The van der Waals surface area contributed by atoms with E-state index in [4.69, 9.17) is 0 Å². The Morgan fingerprint density at radius 3 is 2.36 bits per heavy atom. The largest absolute Gasteiger partial charge is 0.342 e. The fraction of sp³-hybridized carbons (Fsp3) is 0.765. The average Bonchev–Trinajstić information content (AvgIpc) is 3.12. The monoisotopic (exact) mass is 368 g/mol. The molecule has 2 aliphatic heterocycles. The number of imidazole rings is 1. The van der Waals surface area contributed by atoms with E-state index in [1.807, 2.05) is 11.8 Å². The molecule has 3 heterocycles. The first-order chi connectivity index (χ1) is 11.9. The lowest BCUT2D eigenvalue weighted by atomic mass is 9.93. The van der Waals surface area contributed by atoms with Gasteiger partial charge in [0.1, 0.15) is 0 Å². The smallest absolute Gasteiger partial charge is 0.262 e. The van der Waals surface area contributed by atoms with Gasteiger partial charge >= 0.3 is 0 Å². The number of carbonyl (C=O) groups is 1. The highest BCUT2D eigenvalue weighted by molar-refractivity contribution is 7.89. The number of carbonyl (C=O) groups excluding carboxylic acids is 1. The molecule has 3 rings (SSSR count). The van der Waals surface area contributed by atoms with Crippen LogP contribution in [0.5, 0.6) is 0 Å². The highest BCUT2D eigenvalue weighted by Crippen LogP contribution is 2.26. The maximum atomic E-state index is 12.7. The number of rotatable bonds is 4. The van der Waals surface area contributed by atoms with Crippen LogP contribution >= 0.6 is 0 Å². The van der Waals surface area contributed by atoms with E-state index in [-0.39, 0.29) is 16.9 Å². The van der Waals surface area contributed by atoms with Crippen molar-refractivity contribution < 1.29 is 13.2 Å². The van der Waals surface area contributed by atoms with Crippen LogP contribution in [0.2, 0.25) is 0 Å². The molecular formula is C17H28N4O3S. The number of nitrogens with zero attached hydrogens (tertiary/aromatic N) is 4. The van der Waals surface area contributed by atoms with Gasteiger partial charge in [0.05, 0.1) is 6.33 Å². The summed E-state index contributed by atoms with van der Waals surface area (Å²) >= 11 is 0. The summed E-state index contributed by atoms with van der Waals surface area (Å²) in [5.41, 5.74) is 0. The zero-order chi connectivity index (χ0) is 18.0. The van der Waals surface area contributed by atoms with Crippen LogP contribution in [-0.2, 0) is 21.4 Å². The summed E-state index contributed by atoms with van der Waals surface area (Å²) in [5.74, 6) is 0.853. The Morgan fingerprint density at radius 1 is 1.16 bits per heavy atom. The number of sulfonamides is 1. The van der Waals surface area contributed by atoms with Crippen molar-refractivity contribution in [1.82, 2.24) is 18.8 Å². The van der Waals surface area contributed by atoms with Gasteiger partial charge in [-0.3, -0.25) is 4.79 Å². The minimum atomic E-state index is -3.56. The van der Waals surface area contributed by atoms with Gasteiger partial charge in [-0.2, -0.15) is 4.31 Å². The zero-order valence-corrected chi connectivity index (χ0v) is 15.9. The zero-order valence-electron chi connectivity index (χ0n) is 15.1. The number of piperidine rings is 2. The number of aromatic nitrogens is 2. The molecule has 0 N–H and O–H groups in total. The lowest BCUT2D eigenvalue weighted by Crippen LogP contribution is -2.46. The second kappa shape index (κ2) is 7.45. The summed E-state index contributed by atoms with van der Waals surface area (Å²) in [6, 6.07) is 0. The van der Waals surface area contributed by atoms with E-state index in [0.29, 0.717) is 38.4 Å². The van der Waals surface area contributed by atoms with Crippen LogP contribution in [0.3, 0.4) is 0 Å². The van der Waals surface area contributed by atoms with Crippen LogP contribution < -0.4 is 0 Å². The van der Waals surface area contributed by atoms with Crippen molar-refractivity contribution in [1.29, 1.82) is 0 Å². The third-order valence-electron chi connectivity index (χ3n) is 5.48. The Kier molecular flexibility index (Phi) is 5.48. The third kappa shape index (κ3) is 3.89. The number of hydrogen-bond donors (Lipinski definition) is 0. The first kappa shape index (κ1) is 18.4. The number of aryl methyl sites for hydroxylation is 1. The van der Waals surface area contributed by atoms with Gasteiger partial charge in [-0.25, -0.2) is 13.4 Å². The molecule has 8 heteroatoms. The molecule has 0 atom stereocenters. The molecule has 0 aromatic carbocycles. The van der Waals surface area contributed by atoms with Gasteiger partial charge in [-0.1, -0.05) is 6.92 Å². The molecule has 0 spiro atoms. The summed E-state index contributed by atoms with van der Waals surface area (Å²) in [6.07, 6.45) is 6.44. The Bertz CT molecular complexity index is 699. The Morgan fingerprint density at radius 2 is 1.80 bits per heavy atom. The molecule has 0 aliphatic carbocycles. The summed E-state index contributed by atoms with van der Waals surface area (Å²) in [6.45, 7) is 7.32. The van der Waals surface area contributed by atoms with Crippen LogP contribution in [0.25, 0.3) is 0 Å². The molecule has 7 nitrogen and oxygen atoms in total. The Hall–Kier alpha value is -1.41. The first-order valence-electron chi connectivity index (χ1n) is 9.22. The van der Waals surface area contributed by atoms with Crippen molar-refractivity contribution in [2.45, 2.75) is 51.1 Å². The highest BCUT2D eigenvalue weighted by Gasteiger charge is 2.35. The van der Waals surface area contributed by atoms with E-state index in [1.54, 1.807) is 17.1 Å². The van der Waals surface area contributed by atoms with E-state index in [1.165, 1.54) is 4.31 Å². The minimum Gasteiger partial charge on any atom is -0.342 e. The summed E-state index contributed by atoms with van der Waals surface area (Å²) < 4.78 is 28.6. The second-order valence-electron chi connectivity index (χ2n) is 7.23. The maximum Gasteiger partial charge on any atom is 0.262 e. The summed E-state index contributed by atoms with van der Waals surface area (Å²) in [4.78, 5) is 18.7. The fourth-order valence-corrected chi connectivity index (χ4v) is 5.01. The van der Waals surface area contributed by atoms with Gasteiger partial charge in [0, 0.05) is 44.8 Å². The quantitative estimate of drug-likeness (QED) is 0.808. The Labute approximate surface area is 150 Å². The van der Waals surface area contributed by atoms with E-state index in [9.17, 15) is 13.2 Å². The normalized spacial score (nSPS) is 21.6. The van der Waals surface area contributed by atoms with E-state index >= 15 is 0 Å². The molecule has 25 heavy (non-hydrogen) atoms. The molecule has 2 saturated heterocycles. The minimum absolute atomic E-state index is 0.0481. The van der Waals surface area contributed by atoms with Gasteiger partial charge < -0.3 is 9.47 Å². The molecule has 1 amide bonds. The van der Waals surface area contributed by atoms with Crippen LogP contribution in [0.4, 0.5) is 0 Å². The van der Waals surface area contributed by atoms with Crippen molar-refractivity contribution in [3.05, 3.63) is 12.5 Å². The third-order valence-corrected chi connectivity index (χ3v) is 7.26. The maximum absolute atomic E-state index is 12.7. The van der Waals surface area contributed by atoms with Gasteiger partial charge in [0.25, 0.3) is 10.0 Å². The number of amides is 1. The van der Waals surface area contributed by atoms with Crippen LogP contribution in [0, 0.1) is 11.8 Å². The average molecular weight is 369 g/mol. The topological polar surface area (TPSA) is 75.5 Å². The van der Waals surface area contributed by atoms with Crippen molar-refractivity contribution >= 4 is 15.9 Å². The molecule has 2 fully saturated rings. The van der Waals surface area contributed by atoms with E-state index < -0.39 is 10.0 Å². The van der Waals surface area contributed by atoms with Crippen LogP contribution in [0.1, 0.15) is 39.5 Å². The number of likely N-dealkylation sites (tertiary alicyclic amines) is 1. The lowest BCUT2D eigenvalue weighted by molar-refractivity contribution is -0.138. The van der Waals surface area contributed by atoms with Gasteiger partial charge in [-0.05, 0) is 38.5 Å². The second-order valence-corrected chi connectivity index (χ2v) is 9.11. The van der Waals surface area contributed by atoms with Gasteiger partial charge in [0.15, 0.2) is 5.03 Å². The molecule has 0 saturated carbocycles. The van der Waals surface area contributed by atoms with Crippen molar-refractivity contribution in [3.63, 3.8) is 0 Å². The van der Waals surface area contributed by atoms with Gasteiger partial charge in [-0.15, -0.1) is 0 Å². The summed E-state index contributed by atoms with van der Waals surface area (Å²) in [7, 11) is -3.56. The highest BCUT2D eigenvalue weighted by atomic mass is 32.2. The lowest BCUT2D eigenvalue weighted by Gasteiger charge is -2.36. The molecule has 0 radical (unpaired) electrons. The molecular weight excluding hydrogens is 340 g/mol. The van der Waals surface area contributed by atoms with Gasteiger partial charge in [0.2, 0.25) is 5.91 Å². The molecule has 0 unspecified atom stereocenters. The summed E-state index contributed by atoms with van der Waals surface area (Å²) in [5, 5.41) is 0.101. The van der Waals surface area contributed by atoms with E-state index in [2.05, 4.69) is 11.9 Å². The molecule has 1 aromatic heterocycles. The van der Waals surface area contributed by atoms with Crippen LogP contribution in [-0.4, -0.2) is 59.3 Å². The fourth-order valence-electron chi connectivity index (χ4n) is 3.61. The van der Waals surface area contributed by atoms with Crippen molar-refractivity contribution in [3.8, 4) is 0 Å².